The summed E-state index contributed by atoms with van der Waals surface area (Å²) in [6, 6.07) is 21.3. The third kappa shape index (κ3) is 6.81. The molecule has 0 saturated carbocycles. The van der Waals surface area contributed by atoms with Gasteiger partial charge in [-0.05, 0) is 30.9 Å². The first kappa shape index (κ1) is 19.6. The van der Waals surface area contributed by atoms with Crippen molar-refractivity contribution in [2.45, 2.75) is 32.4 Å². The van der Waals surface area contributed by atoms with Gasteiger partial charge in [-0.1, -0.05) is 60.7 Å². The van der Waals surface area contributed by atoms with Crippen molar-refractivity contribution >= 4 is 5.91 Å². The second kappa shape index (κ2) is 10.2. The summed E-state index contributed by atoms with van der Waals surface area (Å²) in [5.74, 6) is 0.145. The minimum absolute atomic E-state index is 0.145. The summed E-state index contributed by atoms with van der Waals surface area (Å²) in [6.07, 6.45) is 1.97. The van der Waals surface area contributed by atoms with Gasteiger partial charge in [0.25, 0.3) is 0 Å². The van der Waals surface area contributed by atoms with Gasteiger partial charge in [-0.3, -0.25) is 14.6 Å². The average Bonchev–Trinajstić information content (AvgIpc) is 2.69. The lowest BCUT2D eigenvalue weighted by Crippen LogP contribution is -2.50. The molecule has 1 saturated heterocycles. The molecule has 1 N–H and O–H groups in total. The van der Waals surface area contributed by atoms with E-state index >= 15 is 0 Å². The number of hydrogen-bond donors (Lipinski definition) is 1. The third-order valence-corrected chi connectivity index (χ3v) is 5.20. The lowest BCUT2D eigenvalue weighted by atomic mass is 10.1. The molecule has 1 aliphatic heterocycles. The van der Waals surface area contributed by atoms with E-state index in [2.05, 4.69) is 76.6 Å². The van der Waals surface area contributed by atoms with Gasteiger partial charge in [-0.15, -0.1) is 0 Å². The highest BCUT2D eigenvalue weighted by molar-refractivity contribution is 5.78. The normalized spacial score (nSPS) is 16.8. The Balaban J connectivity index is 1.33. The molecule has 0 spiro atoms. The van der Waals surface area contributed by atoms with Crippen LogP contribution in [0.1, 0.15) is 24.5 Å². The Bertz CT molecular complexity index is 681. The number of carbonyl (C=O) groups excluding carboxylic acids is 1. The second-order valence-corrected chi connectivity index (χ2v) is 7.53. The molecule has 1 fully saturated rings. The molecule has 2 aromatic rings. The van der Waals surface area contributed by atoms with Crippen molar-refractivity contribution < 1.29 is 4.79 Å². The Hall–Kier alpha value is -2.17. The zero-order valence-corrected chi connectivity index (χ0v) is 16.3. The highest BCUT2D eigenvalue weighted by atomic mass is 16.2. The Morgan fingerprint density at radius 1 is 0.889 bits per heavy atom. The number of hydrogen-bond acceptors (Lipinski definition) is 3. The van der Waals surface area contributed by atoms with Crippen molar-refractivity contribution in [2.75, 3.05) is 32.7 Å². The number of aryl methyl sites for hydroxylation is 1. The number of piperazine rings is 1. The fraction of sp³-hybridized carbons (Fsp3) is 0.435. The monoisotopic (exact) mass is 365 g/mol. The van der Waals surface area contributed by atoms with Gasteiger partial charge in [0.15, 0.2) is 0 Å². The lowest BCUT2D eigenvalue weighted by molar-refractivity contribution is -0.123. The number of carbonyl (C=O) groups is 1. The molecule has 27 heavy (non-hydrogen) atoms. The number of rotatable bonds is 8. The van der Waals surface area contributed by atoms with Crippen LogP contribution in [0.4, 0.5) is 0 Å². The number of amides is 1. The molecule has 4 heteroatoms. The van der Waals surface area contributed by atoms with Gasteiger partial charge in [-0.25, -0.2) is 0 Å². The molecule has 0 bridgehead atoms. The molecular formula is C23H31N3O. The quantitative estimate of drug-likeness (QED) is 0.781. The smallest absolute Gasteiger partial charge is 0.234 e. The molecule has 2 aromatic carbocycles. The largest absolute Gasteiger partial charge is 0.353 e. The molecule has 0 aliphatic carbocycles. The predicted molar refractivity (Wildman–Crippen MR) is 111 cm³/mol. The van der Waals surface area contributed by atoms with E-state index in [1.165, 1.54) is 11.1 Å². The van der Waals surface area contributed by atoms with E-state index in [4.69, 9.17) is 0 Å². The summed E-state index contributed by atoms with van der Waals surface area (Å²) in [6.45, 7) is 7.56. The van der Waals surface area contributed by atoms with Crippen LogP contribution in [0.2, 0.25) is 0 Å². The maximum atomic E-state index is 12.3. The number of nitrogens with zero attached hydrogens (tertiary/aromatic N) is 2. The molecule has 4 nitrogen and oxygen atoms in total. The zero-order valence-electron chi connectivity index (χ0n) is 16.3. The number of nitrogens with one attached hydrogen (secondary N) is 1. The van der Waals surface area contributed by atoms with Gasteiger partial charge in [0, 0.05) is 38.8 Å². The highest BCUT2D eigenvalue weighted by Gasteiger charge is 2.19. The summed E-state index contributed by atoms with van der Waals surface area (Å²) in [4.78, 5) is 17.1. The average molecular weight is 366 g/mol. The summed E-state index contributed by atoms with van der Waals surface area (Å²) in [5.41, 5.74) is 2.68. The fourth-order valence-electron chi connectivity index (χ4n) is 3.57. The van der Waals surface area contributed by atoms with Crippen LogP contribution < -0.4 is 5.32 Å². The highest BCUT2D eigenvalue weighted by Crippen LogP contribution is 2.09. The standard InChI is InChI=1S/C23H31N3O/c1-20(12-13-21-8-4-2-5-9-21)24-23(27)19-26-16-14-25(15-17-26)18-22-10-6-3-7-11-22/h2-11,20H,12-19H2,1H3,(H,24,27)/t20-/m0/s1. The van der Waals surface area contributed by atoms with Crippen molar-refractivity contribution in [3.63, 3.8) is 0 Å². The van der Waals surface area contributed by atoms with Crippen LogP contribution in [0, 0.1) is 0 Å². The van der Waals surface area contributed by atoms with Crippen LogP contribution in [0.15, 0.2) is 60.7 Å². The van der Waals surface area contributed by atoms with Gasteiger partial charge in [0.2, 0.25) is 5.91 Å². The van der Waals surface area contributed by atoms with Crippen molar-refractivity contribution in [3.05, 3.63) is 71.8 Å². The van der Waals surface area contributed by atoms with E-state index in [1.54, 1.807) is 0 Å². The van der Waals surface area contributed by atoms with Crippen molar-refractivity contribution in [3.8, 4) is 0 Å². The summed E-state index contributed by atoms with van der Waals surface area (Å²) >= 11 is 0. The Kier molecular flexibility index (Phi) is 7.43. The topological polar surface area (TPSA) is 35.6 Å². The second-order valence-electron chi connectivity index (χ2n) is 7.53. The molecule has 1 heterocycles. The lowest BCUT2D eigenvalue weighted by Gasteiger charge is -2.34. The van der Waals surface area contributed by atoms with Gasteiger partial charge in [0.1, 0.15) is 0 Å². The zero-order chi connectivity index (χ0) is 18.9. The van der Waals surface area contributed by atoms with Crippen LogP contribution in [0.25, 0.3) is 0 Å². The molecule has 0 aromatic heterocycles. The van der Waals surface area contributed by atoms with Crippen LogP contribution in [-0.4, -0.2) is 54.5 Å². The molecule has 1 amide bonds. The molecule has 144 valence electrons. The first-order valence-corrected chi connectivity index (χ1v) is 10.0. The fourth-order valence-corrected chi connectivity index (χ4v) is 3.57. The molecule has 1 aliphatic rings. The first-order valence-electron chi connectivity index (χ1n) is 10.0. The van der Waals surface area contributed by atoms with Crippen molar-refractivity contribution in [2.24, 2.45) is 0 Å². The Morgan fingerprint density at radius 3 is 2.07 bits per heavy atom. The van der Waals surface area contributed by atoms with E-state index in [0.717, 1.165) is 45.6 Å². The SMILES string of the molecule is C[C@@H](CCc1ccccc1)NC(=O)CN1CCN(Cc2ccccc2)CC1. The summed E-state index contributed by atoms with van der Waals surface area (Å²) in [7, 11) is 0. The van der Waals surface area contributed by atoms with Gasteiger partial charge in [-0.2, -0.15) is 0 Å². The molecule has 0 radical (unpaired) electrons. The summed E-state index contributed by atoms with van der Waals surface area (Å²) in [5, 5.41) is 3.15. The molecule has 0 unspecified atom stereocenters. The van der Waals surface area contributed by atoms with E-state index in [-0.39, 0.29) is 11.9 Å². The molecule has 1 atom stereocenters. The van der Waals surface area contributed by atoms with Crippen LogP contribution >= 0.6 is 0 Å². The van der Waals surface area contributed by atoms with E-state index in [0.29, 0.717) is 6.54 Å². The van der Waals surface area contributed by atoms with Gasteiger partial charge in [0.05, 0.1) is 6.54 Å². The minimum atomic E-state index is 0.145. The molecule has 3 rings (SSSR count). The van der Waals surface area contributed by atoms with Gasteiger partial charge >= 0.3 is 0 Å². The van der Waals surface area contributed by atoms with Crippen molar-refractivity contribution in [1.29, 1.82) is 0 Å². The van der Waals surface area contributed by atoms with E-state index < -0.39 is 0 Å². The van der Waals surface area contributed by atoms with E-state index in [1.807, 2.05) is 6.07 Å². The minimum Gasteiger partial charge on any atom is -0.353 e. The third-order valence-electron chi connectivity index (χ3n) is 5.20. The van der Waals surface area contributed by atoms with Crippen LogP contribution in [0.5, 0.6) is 0 Å². The van der Waals surface area contributed by atoms with Crippen LogP contribution in [-0.2, 0) is 17.8 Å². The maximum absolute atomic E-state index is 12.3. The Morgan fingerprint density at radius 2 is 1.44 bits per heavy atom. The maximum Gasteiger partial charge on any atom is 0.234 e. The number of benzene rings is 2. The Labute approximate surface area is 163 Å². The van der Waals surface area contributed by atoms with E-state index in [9.17, 15) is 4.79 Å². The first-order chi connectivity index (χ1) is 13.2. The summed E-state index contributed by atoms with van der Waals surface area (Å²) < 4.78 is 0. The van der Waals surface area contributed by atoms with Crippen molar-refractivity contribution in [1.82, 2.24) is 15.1 Å². The molecular weight excluding hydrogens is 334 g/mol. The van der Waals surface area contributed by atoms with Gasteiger partial charge < -0.3 is 5.32 Å². The van der Waals surface area contributed by atoms with Crippen LogP contribution in [0.3, 0.4) is 0 Å². The predicted octanol–water partition coefficient (Wildman–Crippen LogP) is 2.94.